The first kappa shape index (κ1) is 39.1. The highest BCUT2D eigenvalue weighted by Crippen LogP contribution is 2.56. The molecule has 58 heavy (non-hydrogen) atoms. The molecule has 0 spiro atoms. The molecule has 4 N–H and O–H groups in total. The van der Waals surface area contributed by atoms with Gasteiger partial charge in [-0.15, -0.1) is 0 Å². The standard InChI is InChI=1S/C46H54N8O4/c1-26(2)40(34-8-6-20-47-23-34)52-44(55)39-33-19-18-32(22-33)38(39)43-49-25-36(51-43)31-16-12-29(13-17-31)28-10-14-30(15-11-28)35-24-48-42(50-35)37-9-7-21-54(37)45(56)41(27(3)4)53-46(57)58-5/h6,8,10-17,20,23-27,32-33,37-41H,7,9,18-19,21-22H2,1-5H3,(H,48,50)(H,49,51)(H,52,55)(H,53,57)/t32?,33?,37-,38?,39?,40?,41-/m0/s1. The molecule has 5 aromatic rings. The van der Waals surface area contributed by atoms with Gasteiger partial charge in [-0.3, -0.25) is 14.6 Å². The van der Waals surface area contributed by atoms with E-state index in [1.54, 1.807) is 6.20 Å². The normalized spacial score (nSPS) is 22.3. The van der Waals surface area contributed by atoms with Crippen LogP contribution in [0.25, 0.3) is 33.6 Å². The van der Waals surface area contributed by atoms with E-state index in [4.69, 9.17) is 14.7 Å². The number of likely N-dealkylation sites (tertiary alicyclic amines) is 1. The topological polar surface area (TPSA) is 158 Å². The largest absolute Gasteiger partial charge is 0.453 e. The molecule has 12 nitrogen and oxygen atoms in total. The molecular formula is C46H54N8O4. The maximum atomic E-state index is 14.0. The SMILES string of the molecule is COC(=O)N[C@H](C(=O)N1CCC[C@H]1c1ncc(-c2ccc(-c3ccc(-c4cnc(C5C6CCC(C6)C5C(=O)NC(c5cccnc5)C(C)C)[nH]4)cc3)cc2)[nH]1)C(C)C. The third-order valence-electron chi connectivity index (χ3n) is 12.7. The number of H-pyrrole nitrogens is 2. The van der Waals surface area contributed by atoms with E-state index in [1.165, 1.54) is 7.11 Å². The summed E-state index contributed by atoms with van der Waals surface area (Å²) in [6.07, 6.45) is 11.7. The fourth-order valence-corrected chi connectivity index (χ4v) is 9.69. The number of hydrogen-bond donors (Lipinski definition) is 4. The summed E-state index contributed by atoms with van der Waals surface area (Å²) >= 11 is 0. The summed E-state index contributed by atoms with van der Waals surface area (Å²) in [6.45, 7) is 8.71. The third kappa shape index (κ3) is 7.76. The van der Waals surface area contributed by atoms with Crippen molar-refractivity contribution in [2.75, 3.05) is 13.7 Å². The van der Waals surface area contributed by atoms with Crippen LogP contribution in [-0.4, -0.2) is 67.4 Å². The Hall–Kier alpha value is -5.78. The molecule has 2 aliphatic carbocycles. The van der Waals surface area contributed by atoms with Crippen molar-refractivity contribution in [1.29, 1.82) is 0 Å². The number of nitrogens with one attached hydrogen (secondary N) is 4. The van der Waals surface area contributed by atoms with Gasteiger partial charge in [-0.05, 0) is 89.7 Å². The van der Waals surface area contributed by atoms with Crippen LogP contribution in [0.3, 0.4) is 0 Å². The molecule has 1 saturated heterocycles. The molecule has 2 bridgehead atoms. The van der Waals surface area contributed by atoms with E-state index in [-0.39, 0.29) is 47.6 Å². The first-order valence-corrected chi connectivity index (χ1v) is 20.8. The summed E-state index contributed by atoms with van der Waals surface area (Å²) in [5.74, 6) is 2.59. The number of imidazole rings is 2. The Morgan fingerprint density at radius 1 is 0.759 bits per heavy atom. The molecule has 1 aliphatic heterocycles. The van der Waals surface area contributed by atoms with Gasteiger partial charge < -0.3 is 30.2 Å². The van der Waals surface area contributed by atoms with Gasteiger partial charge in [-0.1, -0.05) is 82.3 Å². The summed E-state index contributed by atoms with van der Waals surface area (Å²) < 4.78 is 4.77. The van der Waals surface area contributed by atoms with Gasteiger partial charge in [0.1, 0.15) is 17.7 Å². The molecule has 3 aliphatic rings. The minimum atomic E-state index is -0.678. The first-order chi connectivity index (χ1) is 28.1. The fourth-order valence-electron chi connectivity index (χ4n) is 9.69. The minimum absolute atomic E-state index is 0.0742. The lowest BCUT2D eigenvalue weighted by Gasteiger charge is -2.31. The maximum absolute atomic E-state index is 14.0. The molecule has 8 rings (SSSR count). The zero-order valence-electron chi connectivity index (χ0n) is 33.9. The van der Waals surface area contributed by atoms with Gasteiger partial charge in [0, 0.05) is 24.9 Å². The number of fused-ring (bicyclic) bond motifs is 2. The molecule has 3 aromatic heterocycles. The van der Waals surface area contributed by atoms with Crippen LogP contribution in [0, 0.1) is 29.6 Å². The highest BCUT2D eigenvalue weighted by molar-refractivity contribution is 5.86. The predicted molar refractivity (Wildman–Crippen MR) is 222 cm³/mol. The van der Waals surface area contributed by atoms with Crippen LogP contribution in [0.4, 0.5) is 4.79 Å². The Balaban J connectivity index is 0.928. The molecule has 4 heterocycles. The van der Waals surface area contributed by atoms with Crippen molar-refractivity contribution in [3.63, 3.8) is 0 Å². The van der Waals surface area contributed by atoms with E-state index in [1.807, 2.05) is 49.5 Å². The van der Waals surface area contributed by atoms with Gasteiger partial charge in [-0.2, -0.15) is 0 Å². The second-order valence-corrected chi connectivity index (χ2v) is 17.0. The smallest absolute Gasteiger partial charge is 0.407 e. The van der Waals surface area contributed by atoms with Crippen LogP contribution < -0.4 is 10.6 Å². The molecule has 3 amide bonds. The van der Waals surface area contributed by atoms with E-state index in [0.717, 1.165) is 83.0 Å². The number of benzene rings is 2. The summed E-state index contributed by atoms with van der Waals surface area (Å²) in [6, 6.07) is 19.9. The zero-order valence-corrected chi connectivity index (χ0v) is 33.9. The number of hydrogen-bond acceptors (Lipinski definition) is 7. The van der Waals surface area contributed by atoms with Crippen molar-refractivity contribution < 1.29 is 19.1 Å². The molecule has 2 aromatic carbocycles. The summed E-state index contributed by atoms with van der Waals surface area (Å²) in [5.41, 5.74) is 7.09. The van der Waals surface area contributed by atoms with Crippen molar-refractivity contribution in [2.24, 2.45) is 29.6 Å². The Labute approximate surface area is 340 Å². The predicted octanol–water partition coefficient (Wildman–Crippen LogP) is 8.22. The lowest BCUT2D eigenvalue weighted by Crippen LogP contribution is -2.51. The van der Waals surface area contributed by atoms with Gasteiger partial charge in [0.05, 0.1) is 48.9 Å². The number of aromatic amines is 2. The van der Waals surface area contributed by atoms with Crippen molar-refractivity contribution in [2.45, 2.75) is 83.8 Å². The Morgan fingerprint density at radius 3 is 1.98 bits per heavy atom. The highest BCUT2D eigenvalue weighted by atomic mass is 16.5. The van der Waals surface area contributed by atoms with Crippen LogP contribution >= 0.6 is 0 Å². The zero-order chi connectivity index (χ0) is 40.5. The lowest BCUT2D eigenvalue weighted by atomic mass is 9.78. The van der Waals surface area contributed by atoms with Crippen molar-refractivity contribution in [3.05, 3.63) is 103 Å². The van der Waals surface area contributed by atoms with Gasteiger partial charge in [0.2, 0.25) is 11.8 Å². The molecule has 302 valence electrons. The van der Waals surface area contributed by atoms with Crippen molar-refractivity contribution in [1.82, 2.24) is 40.5 Å². The average molecular weight is 783 g/mol. The number of ether oxygens (including phenoxy) is 1. The molecule has 5 unspecified atom stereocenters. The Bertz CT molecular complexity index is 2210. The monoisotopic (exact) mass is 782 g/mol. The van der Waals surface area contributed by atoms with E-state index >= 15 is 0 Å². The van der Waals surface area contributed by atoms with E-state index in [2.05, 4.69) is 88.0 Å². The summed E-state index contributed by atoms with van der Waals surface area (Å²) in [4.78, 5) is 62.4. The van der Waals surface area contributed by atoms with Gasteiger partial charge in [0.25, 0.3) is 0 Å². The maximum Gasteiger partial charge on any atom is 0.407 e. The Morgan fingerprint density at radius 2 is 1.38 bits per heavy atom. The number of aromatic nitrogens is 5. The summed E-state index contributed by atoms with van der Waals surface area (Å²) in [5, 5.41) is 6.12. The fraction of sp³-hybridized carbons (Fsp3) is 0.435. The van der Waals surface area contributed by atoms with Crippen LogP contribution in [0.2, 0.25) is 0 Å². The van der Waals surface area contributed by atoms with E-state index in [9.17, 15) is 14.4 Å². The number of carbonyl (C=O) groups is 3. The lowest BCUT2D eigenvalue weighted by molar-refractivity contribution is -0.135. The number of rotatable bonds is 12. The molecule has 0 radical (unpaired) electrons. The number of pyridine rings is 1. The molecule has 2 saturated carbocycles. The number of nitrogens with zero attached hydrogens (tertiary/aromatic N) is 4. The Kier molecular flexibility index (Phi) is 11.2. The number of carbonyl (C=O) groups excluding carboxylic acids is 3. The molecular weight excluding hydrogens is 729 g/mol. The van der Waals surface area contributed by atoms with Crippen molar-refractivity contribution >= 4 is 17.9 Å². The third-order valence-corrected chi connectivity index (χ3v) is 12.7. The van der Waals surface area contributed by atoms with E-state index < -0.39 is 12.1 Å². The van der Waals surface area contributed by atoms with Crippen LogP contribution in [0.5, 0.6) is 0 Å². The van der Waals surface area contributed by atoms with Crippen LogP contribution in [0.15, 0.2) is 85.5 Å². The second kappa shape index (κ2) is 16.6. The average Bonchev–Trinajstić information content (AvgIpc) is 4.10. The summed E-state index contributed by atoms with van der Waals surface area (Å²) in [7, 11) is 1.30. The van der Waals surface area contributed by atoms with Gasteiger partial charge >= 0.3 is 6.09 Å². The van der Waals surface area contributed by atoms with Crippen molar-refractivity contribution in [3.8, 4) is 33.6 Å². The molecule has 7 atom stereocenters. The quantitative estimate of drug-likeness (QED) is 0.0993. The van der Waals surface area contributed by atoms with E-state index in [0.29, 0.717) is 18.4 Å². The highest BCUT2D eigenvalue weighted by Gasteiger charge is 2.52. The van der Waals surface area contributed by atoms with Gasteiger partial charge in [-0.25, -0.2) is 14.8 Å². The first-order valence-electron chi connectivity index (χ1n) is 20.8. The molecule has 12 heteroatoms. The number of amides is 3. The number of methoxy groups -OCH3 is 1. The van der Waals surface area contributed by atoms with Gasteiger partial charge in [0.15, 0.2) is 0 Å². The second-order valence-electron chi connectivity index (χ2n) is 17.0. The van der Waals surface area contributed by atoms with Crippen LogP contribution in [0.1, 0.15) is 95.0 Å². The minimum Gasteiger partial charge on any atom is -0.453 e. The molecule has 3 fully saturated rings. The number of alkyl carbamates (subject to hydrolysis) is 1. The van der Waals surface area contributed by atoms with Crippen LogP contribution in [-0.2, 0) is 14.3 Å².